The van der Waals surface area contributed by atoms with E-state index in [-0.39, 0.29) is 18.0 Å². The topological polar surface area (TPSA) is 41.6 Å². The molecule has 0 radical (unpaired) electrons. The Balaban J connectivity index is 1.95. The van der Waals surface area contributed by atoms with E-state index in [9.17, 15) is 4.79 Å². The largest absolute Gasteiger partial charge is 0.378 e. The molecule has 1 saturated heterocycles. The highest BCUT2D eigenvalue weighted by atomic mass is 16.5. The van der Waals surface area contributed by atoms with Gasteiger partial charge in [-0.1, -0.05) is 24.3 Å². The van der Waals surface area contributed by atoms with Gasteiger partial charge >= 0.3 is 0 Å². The number of nitrogens with one attached hydrogen (secondary N) is 1. The smallest absolute Gasteiger partial charge is 0.239 e. The van der Waals surface area contributed by atoms with Crippen molar-refractivity contribution >= 4 is 5.91 Å². The molecule has 0 bridgehead atoms. The number of aryl methyl sites for hydroxylation is 1. The lowest BCUT2D eigenvalue weighted by atomic mass is 10.0. The summed E-state index contributed by atoms with van der Waals surface area (Å²) in [5.41, 5.74) is 2.49. The number of benzene rings is 1. The Morgan fingerprint density at radius 1 is 1.25 bits per heavy atom. The van der Waals surface area contributed by atoms with Crippen LogP contribution >= 0.6 is 0 Å². The quantitative estimate of drug-likeness (QED) is 0.913. The molecule has 1 aromatic carbocycles. The van der Waals surface area contributed by atoms with Crippen molar-refractivity contribution < 1.29 is 9.53 Å². The molecule has 1 fully saturated rings. The van der Waals surface area contributed by atoms with Gasteiger partial charge in [-0.15, -0.1) is 0 Å². The van der Waals surface area contributed by atoms with E-state index in [1.807, 2.05) is 24.0 Å². The third-order valence-corrected chi connectivity index (χ3v) is 3.85. The second-order valence-corrected chi connectivity index (χ2v) is 5.40. The Morgan fingerprint density at radius 2 is 1.90 bits per heavy atom. The van der Waals surface area contributed by atoms with E-state index in [1.54, 1.807) is 0 Å². The lowest BCUT2D eigenvalue weighted by molar-refractivity contribution is -0.137. The van der Waals surface area contributed by atoms with Crippen molar-refractivity contribution in [3.05, 3.63) is 35.4 Å². The molecule has 0 unspecified atom stereocenters. The normalized spacial score (nSPS) is 18.6. The maximum absolute atomic E-state index is 12.4. The van der Waals surface area contributed by atoms with E-state index < -0.39 is 0 Å². The van der Waals surface area contributed by atoms with Crippen molar-refractivity contribution in [1.82, 2.24) is 10.2 Å². The number of morpholine rings is 1. The van der Waals surface area contributed by atoms with Crippen LogP contribution < -0.4 is 5.32 Å². The predicted octanol–water partition coefficient (Wildman–Crippen LogP) is 1.89. The van der Waals surface area contributed by atoms with E-state index in [0.717, 1.165) is 0 Å². The van der Waals surface area contributed by atoms with Crippen molar-refractivity contribution in [2.75, 3.05) is 26.3 Å². The molecular formula is C16H24N2O2. The molecule has 1 amide bonds. The summed E-state index contributed by atoms with van der Waals surface area (Å²) in [6, 6.07) is 8.27. The minimum atomic E-state index is -0.178. The van der Waals surface area contributed by atoms with Crippen LogP contribution in [0.2, 0.25) is 0 Å². The SMILES string of the molecule is Cc1ccccc1[C@@H](C)N[C@H](C)C(=O)N1CCOCC1. The summed E-state index contributed by atoms with van der Waals surface area (Å²) in [6.45, 7) is 8.82. The van der Waals surface area contributed by atoms with Crippen LogP contribution in [0.15, 0.2) is 24.3 Å². The Hall–Kier alpha value is -1.39. The van der Waals surface area contributed by atoms with Gasteiger partial charge in [0.15, 0.2) is 0 Å². The van der Waals surface area contributed by atoms with Crippen molar-refractivity contribution in [2.45, 2.75) is 32.9 Å². The zero-order valence-electron chi connectivity index (χ0n) is 12.6. The summed E-state index contributed by atoms with van der Waals surface area (Å²) in [7, 11) is 0. The number of amides is 1. The van der Waals surface area contributed by atoms with Gasteiger partial charge < -0.3 is 9.64 Å². The standard InChI is InChI=1S/C16H24N2O2/c1-12-6-4-5-7-15(12)13(2)17-14(3)16(19)18-8-10-20-11-9-18/h4-7,13-14,17H,8-11H2,1-3H3/t13-,14-/m1/s1. The van der Waals surface area contributed by atoms with Crippen LogP contribution in [0.4, 0.5) is 0 Å². The number of hydrogen-bond donors (Lipinski definition) is 1. The van der Waals surface area contributed by atoms with Crippen LogP contribution in [-0.4, -0.2) is 43.2 Å². The number of hydrogen-bond acceptors (Lipinski definition) is 3. The maximum Gasteiger partial charge on any atom is 0.239 e. The fourth-order valence-corrected chi connectivity index (χ4v) is 2.67. The highest BCUT2D eigenvalue weighted by Crippen LogP contribution is 2.17. The van der Waals surface area contributed by atoms with Crippen molar-refractivity contribution in [3.63, 3.8) is 0 Å². The van der Waals surface area contributed by atoms with Crippen molar-refractivity contribution in [1.29, 1.82) is 0 Å². The molecule has 2 atom stereocenters. The maximum atomic E-state index is 12.4. The lowest BCUT2D eigenvalue weighted by Gasteiger charge is -2.30. The number of rotatable bonds is 4. The molecule has 0 aromatic heterocycles. The van der Waals surface area contributed by atoms with Crippen molar-refractivity contribution in [3.8, 4) is 0 Å². The molecule has 1 aliphatic rings. The van der Waals surface area contributed by atoms with Gasteiger partial charge in [-0.05, 0) is 31.9 Å². The second kappa shape index (κ2) is 6.86. The Kier molecular flexibility index (Phi) is 5.15. The van der Waals surface area contributed by atoms with E-state index in [4.69, 9.17) is 4.74 Å². The van der Waals surface area contributed by atoms with Gasteiger partial charge in [-0.3, -0.25) is 10.1 Å². The molecule has 1 N–H and O–H groups in total. The van der Waals surface area contributed by atoms with Crippen molar-refractivity contribution in [2.24, 2.45) is 0 Å². The Bertz CT molecular complexity index is 456. The van der Waals surface area contributed by atoms with Gasteiger partial charge in [0.1, 0.15) is 0 Å². The molecule has 0 aliphatic carbocycles. The zero-order valence-corrected chi connectivity index (χ0v) is 12.6. The van der Waals surface area contributed by atoms with Crippen LogP contribution in [0, 0.1) is 6.92 Å². The van der Waals surface area contributed by atoms with E-state index in [0.29, 0.717) is 26.3 Å². The average molecular weight is 276 g/mol. The summed E-state index contributed by atoms with van der Waals surface area (Å²) in [6.07, 6.45) is 0. The Morgan fingerprint density at radius 3 is 2.55 bits per heavy atom. The molecule has 1 aliphatic heterocycles. The molecule has 4 heteroatoms. The third kappa shape index (κ3) is 3.58. The number of carbonyl (C=O) groups is 1. The average Bonchev–Trinajstić information content (AvgIpc) is 2.47. The van der Waals surface area contributed by atoms with Gasteiger partial charge in [-0.25, -0.2) is 0 Å². The Labute approximate surface area is 121 Å². The summed E-state index contributed by atoms with van der Waals surface area (Å²) in [5.74, 6) is 0.161. The van der Waals surface area contributed by atoms with E-state index in [2.05, 4.69) is 31.3 Å². The molecule has 0 saturated carbocycles. The summed E-state index contributed by atoms with van der Waals surface area (Å²) in [5, 5.41) is 3.40. The van der Waals surface area contributed by atoms with Crippen LogP contribution in [-0.2, 0) is 9.53 Å². The number of ether oxygens (including phenoxy) is 1. The minimum absolute atomic E-state index is 0.161. The van der Waals surface area contributed by atoms with E-state index >= 15 is 0 Å². The first kappa shape index (κ1) is 15.0. The van der Waals surface area contributed by atoms with Crippen LogP contribution in [0.5, 0.6) is 0 Å². The number of nitrogens with zero attached hydrogens (tertiary/aromatic N) is 1. The molecule has 4 nitrogen and oxygen atoms in total. The van der Waals surface area contributed by atoms with Gasteiger partial charge in [0, 0.05) is 19.1 Å². The molecule has 20 heavy (non-hydrogen) atoms. The highest BCUT2D eigenvalue weighted by molar-refractivity contribution is 5.81. The summed E-state index contributed by atoms with van der Waals surface area (Å²) < 4.78 is 5.28. The molecule has 0 spiro atoms. The molecule has 110 valence electrons. The minimum Gasteiger partial charge on any atom is -0.378 e. The van der Waals surface area contributed by atoms with Crippen LogP contribution in [0.25, 0.3) is 0 Å². The first-order valence-electron chi connectivity index (χ1n) is 7.27. The van der Waals surface area contributed by atoms with Gasteiger partial charge in [0.2, 0.25) is 5.91 Å². The van der Waals surface area contributed by atoms with Gasteiger partial charge in [0.05, 0.1) is 19.3 Å². The first-order valence-corrected chi connectivity index (χ1v) is 7.27. The highest BCUT2D eigenvalue weighted by Gasteiger charge is 2.23. The second-order valence-electron chi connectivity index (χ2n) is 5.40. The molecular weight excluding hydrogens is 252 g/mol. The third-order valence-electron chi connectivity index (χ3n) is 3.85. The first-order chi connectivity index (χ1) is 9.59. The van der Waals surface area contributed by atoms with Gasteiger partial charge in [-0.2, -0.15) is 0 Å². The lowest BCUT2D eigenvalue weighted by Crippen LogP contribution is -2.49. The monoisotopic (exact) mass is 276 g/mol. The van der Waals surface area contributed by atoms with Crippen LogP contribution in [0.3, 0.4) is 0 Å². The summed E-state index contributed by atoms with van der Waals surface area (Å²) in [4.78, 5) is 14.2. The summed E-state index contributed by atoms with van der Waals surface area (Å²) >= 11 is 0. The zero-order chi connectivity index (χ0) is 14.5. The fraction of sp³-hybridized carbons (Fsp3) is 0.562. The van der Waals surface area contributed by atoms with E-state index in [1.165, 1.54) is 11.1 Å². The molecule has 1 heterocycles. The predicted molar refractivity (Wildman–Crippen MR) is 79.6 cm³/mol. The fourth-order valence-electron chi connectivity index (χ4n) is 2.67. The molecule has 1 aromatic rings. The number of carbonyl (C=O) groups excluding carboxylic acids is 1. The van der Waals surface area contributed by atoms with Crippen LogP contribution in [0.1, 0.15) is 31.0 Å². The van der Waals surface area contributed by atoms with Gasteiger partial charge in [0.25, 0.3) is 0 Å². The molecule has 2 rings (SSSR count).